The highest BCUT2D eigenvalue weighted by molar-refractivity contribution is 5.80. The molecule has 1 atom stereocenters. The third-order valence-corrected chi connectivity index (χ3v) is 3.69. The van der Waals surface area contributed by atoms with Gasteiger partial charge in [-0.15, -0.1) is 0 Å². The Bertz CT molecular complexity index is 513. The van der Waals surface area contributed by atoms with Crippen LogP contribution >= 0.6 is 0 Å². The quantitative estimate of drug-likeness (QED) is 0.865. The van der Waals surface area contributed by atoms with Gasteiger partial charge in [-0.25, -0.2) is 0 Å². The first-order valence-corrected chi connectivity index (χ1v) is 6.71. The Balaban J connectivity index is 1.77. The Kier molecular flexibility index (Phi) is 4.06. The first kappa shape index (κ1) is 14.5. The molecule has 20 heavy (non-hydrogen) atoms. The fourth-order valence-electron chi connectivity index (χ4n) is 2.34. The number of carbonyl (C=O) groups excluding carboxylic acids is 1. The zero-order chi connectivity index (χ0) is 14.8. The molecule has 110 valence electrons. The number of aromatic nitrogens is 2. The van der Waals surface area contributed by atoms with E-state index in [0.29, 0.717) is 50.5 Å². The number of likely N-dealkylation sites (tertiary alicyclic amines) is 1. The number of hydrogen-bond donors (Lipinski definition) is 1. The maximum Gasteiger partial charge on any atom is 0.311 e. The second kappa shape index (κ2) is 5.60. The van der Waals surface area contributed by atoms with Gasteiger partial charge in [-0.1, -0.05) is 5.16 Å². The van der Waals surface area contributed by atoms with Crippen molar-refractivity contribution in [1.29, 1.82) is 0 Å². The lowest BCUT2D eigenvalue weighted by Crippen LogP contribution is -2.34. The number of aliphatic carboxylic acids is 1. The van der Waals surface area contributed by atoms with Crippen LogP contribution in [0.1, 0.15) is 37.9 Å². The van der Waals surface area contributed by atoms with Gasteiger partial charge < -0.3 is 14.5 Å². The number of rotatable bonds is 5. The van der Waals surface area contributed by atoms with Crippen molar-refractivity contribution in [2.45, 2.75) is 39.5 Å². The first-order chi connectivity index (χ1) is 9.40. The van der Waals surface area contributed by atoms with Gasteiger partial charge in [0.25, 0.3) is 0 Å². The van der Waals surface area contributed by atoms with Crippen LogP contribution in [-0.2, 0) is 16.0 Å². The zero-order valence-corrected chi connectivity index (χ0v) is 11.8. The van der Waals surface area contributed by atoms with Crippen LogP contribution in [0, 0.1) is 12.3 Å². The summed E-state index contributed by atoms with van der Waals surface area (Å²) in [7, 11) is 0. The molecule has 1 N–H and O–H groups in total. The van der Waals surface area contributed by atoms with Crippen LogP contribution in [0.3, 0.4) is 0 Å². The molecule has 7 heteroatoms. The average molecular weight is 281 g/mol. The van der Waals surface area contributed by atoms with Crippen molar-refractivity contribution in [3.8, 4) is 0 Å². The highest BCUT2D eigenvalue weighted by Gasteiger charge is 2.41. The molecule has 1 aliphatic heterocycles. The van der Waals surface area contributed by atoms with Gasteiger partial charge in [0.2, 0.25) is 11.8 Å². The highest BCUT2D eigenvalue weighted by atomic mass is 16.5. The third-order valence-electron chi connectivity index (χ3n) is 3.69. The molecule has 1 aromatic rings. The number of carboxylic acids is 1. The summed E-state index contributed by atoms with van der Waals surface area (Å²) in [5, 5.41) is 12.8. The Labute approximate surface area is 117 Å². The van der Waals surface area contributed by atoms with Crippen molar-refractivity contribution in [2.24, 2.45) is 5.41 Å². The van der Waals surface area contributed by atoms with E-state index in [9.17, 15) is 9.59 Å². The number of carbonyl (C=O) groups is 2. The van der Waals surface area contributed by atoms with Crippen molar-refractivity contribution in [2.75, 3.05) is 13.1 Å². The molecule has 0 aromatic carbocycles. The minimum atomic E-state index is -0.839. The maximum atomic E-state index is 12.0. The molecule has 2 heterocycles. The van der Waals surface area contributed by atoms with E-state index in [0.717, 1.165) is 0 Å². The lowest BCUT2D eigenvalue weighted by molar-refractivity contribution is -0.147. The molecule has 1 fully saturated rings. The van der Waals surface area contributed by atoms with Gasteiger partial charge in [-0.2, -0.15) is 4.98 Å². The third kappa shape index (κ3) is 3.15. The second-order valence-corrected chi connectivity index (χ2v) is 5.52. The van der Waals surface area contributed by atoms with E-state index >= 15 is 0 Å². The lowest BCUT2D eigenvalue weighted by atomic mass is 9.90. The van der Waals surface area contributed by atoms with Gasteiger partial charge in [0.05, 0.1) is 5.41 Å². The summed E-state index contributed by atoms with van der Waals surface area (Å²) in [6, 6.07) is 0. The van der Waals surface area contributed by atoms with E-state index in [4.69, 9.17) is 9.63 Å². The summed E-state index contributed by atoms with van der Waals surface area (Å²) >= 11 is 0. The fraction of sp³-hybridized carbons (Fsp3) is 0.692. The van der Waals surface area contributed by atoms with Crippen LogP contribution in [0.2, 0.25) is 0 Å². The Morgan fingerprint density at radius 1 is 1.50 bits per heavy atom. The van der Waals surface area contributed by atoms with Crippen LogP contribution in [-0.4, -0.2) is 45.1 Å². The van der Waals surface area contributed by atoms with Crippen molar-refractivity contribution < 1.29 is 19.2 Å². The summed E-state index contributed by atoms with van der Waals surface area (Å²) in [5.74, 6) is 0.274. The number of hydrogen-bond acceptors (Lipinski definition) is 5. The van der Waals surface area contributed by atoms with Gasteiger partial charge >= 0.3 is 5.97 Å². The molecular formula is C13H19N3O4. The number of nitrogens with zero attached hydrogens (tertiary/aromatic N) is 3. The summed E-state index contributed by atoms with van der Waals surface area (Å²) in [6.07, 6.45) is 2.07. The Morgan fingerprint density at radius 3 is 2.80 bits per heavy atom. The lowest BCUT2D eigenvalue weighted by Gasteiger charge is -2.20. The molecule has 1 aliphatic rings. The highest BCUT2D eigenvalue weighted by Crippen LogP contribution is 2.30. The molecule has 1 saturated heterocycles. The van der Waals surface area contributed by atoms with Crippen molar-refractivity contribution in [3.63, 3.8) is 0 Å². The second-order valence-electron chi connectivity index (χ2n) is 5.52. The molecule has 0 aliphatic carbocycles. The minimum Gasteiger partial charge on any atom is -0.481 e. The van der Waals surface area contributed by atoms with Crippen LogP contribution < -0.4 is 0 Å². The van der Waals surface area contributed by atoms with Gasteiger partial charge in [-0.3, -0.25) is 9.59 Å². The van der Waals surface area contributed by atoms with Gasteiger partial charge in [0, 0.05) is 25.9 Å². The molecule has 0 radical (unpaired) electrons. The predicted molar refractivity (Wildman–Crippen MR) is 68.9 cm³/mol. The molecular weight excluding hydrogens is 262 g/mol. The monoisotopic (exact) mass is 281 g/mol. The van der Waals surface area contributed by atoms with Gasteiger partial charge in [-0.05, 0) is 26.7 Å². The number of amides is 1. The molecule has 0 spiro atoms. The minimum absolute atomic E-state index is 0.00814. The molecule has 0 bridgehead atoms. The summed E-state index contributed by atoms with van der Waals surface area (Å²) in [6.45, 7) is 4.24. The molecule has 1 amide bonds. The summed E-state index contributed by atoms with van der Waals surface area (Å²) in [4.78, 5) is 28.8. The normalized spacial score (nSPS) is 22.2. The van der Waals surface area contributed by atoms with Gasteiger partial charge in [0.1, 0.15) is 0 Å². The van der Waals surface area contributed by atoms with Crippen LogP contribution in [0.25, 0.3) is 0 Å². The zero-order valence-electron chi connectivity index (χ0n) is 11.8. The molecule has 1 aromatic heterocycles. The number of aryl methyl sites for hydroxylation is 2. The average Bonchev–Trinajstić information content (AvgIpc) is 2.97. The molecule has 2 rings (SSSR count). The Hall–Kier alpha value is -1.92. The summed E-state index contributed by atoms with van der Waals surface area (Å²) in [5.41, 5.74) is -0.806. The fourth-order valence-corrected chi connectivity index (χ4v) is 2.34. The SMILES string of the molecule is Cc1noc(CCCC(=O)N2CCC(C)(C(=O)O)C2)n1. The van der Waals surface area contributed by atoms with Crippen molar-refractivity contribution in [1.82, 2.24) is 15.0 Å². The van der Waals surface area contributed by atoms with E-state index in [1.807, 2.05) is 0 Å². The largest absolute Gasteiger partial charge is 0.481 e. The van der Waals surface area contributed by atoms with E-state index in [1.54, 1.807) is 18.7 Å². The predicted octanol–water partition coefficient (Wildman–Crippen LogP) is 1.02. The van der Waals surface area contributed by atoms with Crippen molar-refractivity contribution >= 4 is 11.9 Å². The Morgan fingerprint density at radius 2 is 2.25 bits per heavy atom. The van der Waals surface area contributed by atoms with Crippen LogP contribution in [0.15, 0.2) is 4.52 Å². The van der Waals surface area contributed by atoms with E-state index < -0.39 is 11.4 Å². The van der Waals surface area contributed by atoms with E-state index in [2.05, 4.69) is 10.1 Å². The molecule has 7 nitrogen and oxygen atoms in total. The number of carboxylic acid groups (broad SMARTS) is 1. The summed E-state index contributed by atoms with van der Waals surface area (Å²) < 4.78 is 4.97. The van der Waals surface area contributed by atoms with E-state index in [-0.39, 0.29) is 5.91 Å². The molecule has 0 saturated carbocycles. The standard InChI is InChI=1S/C13H19N3O4/c1-9-14-10(20-15-9)4-3-5-11(17)16-7-6-13(2,8-16)12(18)19/h3-8H2,1-2H3,(H,18,19). The molecule has 1 unspecified atom stereocenters. The topological polar surface area (TPSA) is 96.5 Å². The van der Waals surface area contributed by atoms with Crippen molar-refractivity contribution in [3.05, 3.63) is 11.7 Å². The first-order valence-electron chi connectivity index (χ1n) is 6.71. The van der Waals surface area contributed by atoms with Crippen LogP contribution in [0.5, 0.6) is 0 Å². The van der Waals surface area contributed by atoms with E-state index in [1.165, 1.54) is 0 Å². The maximum absolute atomic E-state index is 12.0. The smallest absolute Gasteiger partial charge is 0.311 e. The van der Waals surface area contributed by atoms with Crippen LogP contribution in [0.4, 0.5) is 0 Å². The van der Waals surface area contributed by atoms with Gasteiger partial charge in [0.15, 0.2) is 5.82 Å².